The van der Waals surface area contributed by atoms with Gasteiger partial charge in [0.15, 0.2) is 0 Å². The third-order valence-corrected chi connectivity index (χ3v) is 3.99. The molecular weight excluding hydrogens is 290 g/mol. The van der Waals surface area contributed by atoms with Crippen LogP contribution in [0.2, 0.25) is 5.15 Å². The van der Waals surface area contributed by atoms with Crippen LogP contribution in [-0.4, -0.2) is 9.97 Å². The van der Waals surface area contributed by atoms with E-state index in [9.17, 15) is 0 Å². The van der Waals surface area contributed by atoms with Crippen molar-refractivity contribution in [2.24, 2.45) is 0 Å². The number of nitrogens with two attached hydrogens (primary N) is 1. The fraction of sp³-hybridized carbons (Fsp3) is 0.0667. The number of halogens is 1. The van der Waals surface area contributed by atoms with Crippen molar-refractivity contribution in [2.75, 3.05) is 5.73 Å². The Morgan fingerprint density at radius 3 is 2.60 bits per heavy atom. The van der Waals surface area contributed by atoms with Crippen LogP contribution in [0.3, 0.4) is 0 Å². The molecule has 100 valence electrons. The second kappa shape index (κ2) is 5.61. The minimum atomic E-state index is 0.202. The van der Waals surface area contributed by atoms with Crippen molar-refractivity contribution in [2.45, 2.75) is 6.42 Å². The fourth-order valence-electron chi connectivity index (χ4n) is 2.07. The summed E-state index contributed by atoms with van der Waals surface area (Å²) in [5, 5.41) is 4.46. The monoisotopic (exact) mass is 301 g/mol. The lowest BCUT2D eigenvalue weighted by Gasteiger charge is -2.10. The van der Waals surface area contributed by atoms with Crippen LogP contribution in [0.25, 0.3) is 11.3 Å². The van der Waals surface area contributed by atoms with Crippen molar-refractivity contribution in [3.63, 3.8) is 0 Å². The van der Waals surface area contributed by atoms with Gasteiger partial charge in [0.25, 0.3) is 0 Å². The first-order valence-electron chi connectivity index (χ1n) is 6.12. The molecular formula is C15H12ClN3S. The summed E-state index contributed by atoms with van der Waals surface area (Å²) in [5.74, 6) is 0.202. The Balaban J connectivity index is 2.09. The van der Waals surface area contributed by atoms with Gasteiger partial charge in [-0.2, -0.15) is 11.3 Å². The van der Waals surface area contributed by atoms with E-state index < -0.39 is 0 Å². The molecule has 1 aromatic carbocycles. The summed E-state index contributed by atoms with van der Waals surface area (Å²) in [7, 11) is 0. The molecule has 0 radical (unpaired) electrons. The number of thiophene rings is 1. The van der Waals surface area contributed by atoms with Gasteiger partial charge < -0.3 is 5.73 Å². The molecule has 20 heavy (non-hydrogen) atoms. The highest BCUT2D eigenvalue weighted by molar-refractivity contribution is 7.08. The van der Waals surface area contributed by atoms with E-state index in [1.165, 1.54) is 5.56 Å². The summed E-state index contributed by atoms with van der Waals surface area (Å²) in [6.45, 7) is 0. The lowest BCUT2D eigenvalue weighted by Crippen LogP contribution is -2.03. The van der Waals surface area contributed by atoms with Crippen molar-refractivity contribution in [1.29, 1.82) is 0 Å². The molecule has 3 aromatic rings. The number of nitrogens with zero attached hydrogens (tertiary/aromatic N) is 2. The lowest BCUT2D eigenvalue weighted by atomic mass is 10.0. The zero-order valence-corrected chi connectivity index (χ0v) is 12.2. The van der Waals surface area contributed by atoms with E-state index >= 15 is 0 Å². The average Bonchev–Trinajstić information content (AvgIpc) is 2.96. The van der Waals surface area contributed by atoms with Crippen molar-refractivity contribution >= 4 is 28.9 Å². The molecule has 0 aliphatic heterocycles. The Hall–Kier alpha value is -1.91. The Bertz CT molecular complexity index is 711. The highest BCUT2D eigenvalue weighted by Crippen LogP contribution is 2.30. The molecule has 0 aliphatic rings. The summed E-state index contributed by atoms with van der Waals surface area (Å²) < 4.78 is 0. The largest absolute Gasteiger partial charge is 0.368 e. The van der Waals surface area contributed by atoms with Crippen molar-refractivity contribution in [3.8, 4) is 11.3 Å². The summed E-state index contributed by atoms with van der Waals surface area (Å²) in [6, 6.07) is 12.1. The van der Waals surface area contributed by atoms with Gasteiger partial charge in [-0.25, -0.2) is 9.97 Å². The molecule has 2 aromatic heterocycles. The molecule has 0 unspecified atom stereocenters. The van der Waals surface area contributed by atoms with Crippen LogP contribution in [0, 0.1) is 0 Å². The molecule has 0 atom stereocenters. The Labute approximate surface area is 126 Å². The summed E-state index contributed by atoms with van der Waals surface area (Å²) in [5.41, 5.74) is 9.64. The molecule has 0 fully saturated rings. The topological polar surface area (TPSA) is 51.8 Å². The van der Waals surface area contributed by atoms with E-state index in [0.29, 0.717) is 11.6 Å². The highest BCUT2D eigenvalue weighted by Gasteiger charge is 2.14. The quantitative estimate of drug-likeness (QED) is 0.743. The highest BCUT2D eigenvalue weighted by atomic mass is 35.5. The van der Waals surface area contributed by atoms with E-state index in [-0.39, 0.29) is 5.95 Å². The SMILES string of the molecule is Nc1nc(Cl)c(Cc2ccccc2)c(-c2ccsc2)n1. The third kappa shape index (κ3) is 2.66. The first-order valence-corrected chi connectivity index (χ1v) is 7.44. The molecule has 0 aliphatic carbocycles. The number of nitrogen functional groups attached to an aromatic ring is 1. The number of aromatic nitrogens is 2. The number of hydrogen-bond donors (Lipinski definition) is 1. The van der Waals surface area contributed by atoms with Gasteiger partial charge in [-0.3, -0.25) is 0 Å². The molecule has 2 heterocycles. The Morgan fingerprint density at radius 1 is 1.10 bits per heavy atom. The molecule has 0 amide bonds. The van der Waals surface area contributed by atoms with Crippen molar-refractivity contribution in [3.05, 3.63) is 63.4 Å². The second-order valence-electron chi connectivity index (χ2n) is 4.37. The third-order valence-electron chi connectivity index (χ3n) is 2.99. The minimum Gasteiger partial charge on any atom is -0.368 e. The first-order chi connectivity index (χ1) is 9.74. The van der Waals surface area contributed by atoms with E-state index in [2.05, 4.69) is 22.1 Å². The average molecular weight is 302 g/mol. The van der Waals surface area contributed by atoms with Crippen LogP contribution in [0.15, 0.2) is 47.2 Å². The molecule has 5 heteroatoms. The van der Waals surface area contributed by atoms with Crippen molar-refractivity contribution < 1.29 is 0 Å². The van der Waals surface area contributed by atoms with Gasteiger partial charge in [-0.1, -0.05) is 41.9 Å². The maximum absolute atomic E-state index is 6.27. The van der Waals surface area contributed by atoms with Crippen LogP contribution < -0.4 is 5.73 Å². The number of anilines is 1. The van der Waals surface area contributed by atoms with E-state index in [0.717, 1.165) is 16.8 Å². The van der Waals surface area contributed by atoms with Gasteiger partial charge in [0.1, 0.15) is 5.15 Å². The predicted molar refractivity (Wildman–Crippen MR) is 84.0 cm³/mol. The van der Waals surface area contributed by atoms with Gasteiger partial charge in [-0.05, 0) is 17.0 Å². The molecule has 0 saturated heterocycles. The second-order valence-corrected chi connectivity index (χ2v) is 5.51. The van der Waals surface area contributed by atoms with Gasteiger partial charge in [-0.15, -0.1) is 0 Å². The van der Waals surface area contributed by atoms with Crippen LogP contribution in [0.4, 0.5) is 5.95 Å². The molecule has 0 bridgehead atoms. The van der Waals surface area contributed by atoms with Gasteiger partial charge in [0, 0.05) is 22.9 Å². The molecule has 0 spiro atoms. The van der Waals surface area contributed by atoms with E-state index in [1.807, 2.05) is 35.0 Å². The summed E-state index contributed by atoms with van der Waals surface area (Å²) in [4.78, 5) is 8.44. The molecule has 3 rings (SSSR count). The normalized spacial score (nSPS) is 10.7. The number of hydrogen-bond acceptors (Lipinski definition) is 4. The maximum atomic E-state index is 6.27. The van der Waals surface area contributed by atoms with Gasteiger partial charge in [0.2, 0.25) is 5.95 Å². The molecule has 2 N–H and O–H groups in total. The Morgan fingerprint density at radius 2 is 1.90 bits per heavy atom. The number of rotatable bonds is 3. The standard InChI is InChI=1S/C15H12ClN3S/c16-14-12(8-10-4-2-1-3-5-10)13(18-15(17)19-14)11-6-7-20-9-11/h1-7,9H,8H2,(H2,17,18,19). The maximum Gasteiger partial charge on any atom is 0.222 e. The van der Waals surface area contributed by atoms with Crippen molar-refractivity contribution in [1.82, 2.24) is 9.97 Å². The Kier molecular flexibility index (Phi) is 3.67. The first kappa shape index (κ1) is 13.1. The van der Waals surface area contributed by atoms with Crippen LogP contribution in [-0.2, 0) is 6.42 Å². The van der Waals surface area contributed by atoms with Gasteiger partial charge >= 0.3 is 0 Å². The lowest BCUT2D eigenvalue weighted by molar-refractivity contribution is 1.09. The van der Waals surface area contributed by atoms with Crippen LogP contribution >= 0.6 is 22.9 Å². The zero-order valence-electron chi connectivity index (χ0n) is 10.6. The van der Waals surface area contributed by atoms with Gasteiger partial charge in [0.05, 0.1) is 5.69 Å². The van der Waals surface area contributed by atoms with E-state index in [4.69, 9.17) is 17.3 Å². The number of benzene rings is 1. The minimum absolute atomic E-state index is 0.202. The molecule has 0 saturated carbocycles. The zero-order chi connectivity index (χ0) is 13.9. The predicted octanol–water partition coefficient (Wildman–Crippen LogP) is 4.03. The van der Waals surface area contributed by atoms with Crippen LogP contribution in [0.5, 0.6) is 0 Å². The smallest absolute Gasteiger partial charge is 0.222 e. The molecule has 3 nitrogen and oxygen atoms in total. The van der Waals surface area contributed by atoms with Crippen LogP contribution in [0.1, 0.15) is 11.1 Å². The summed E-state index contributed by atoms with van der Waals surface area (Å²) >= 11 is 7.89. The fourth-order valence-corrected chi connectivity index (χ4v) is 2.95. The summed E-state index contributed by atoms with van der Waals surface area (Å²) in [6.07, 6.45) is 0.686. The van der Waals surface area contributed by atoms with E-state index in [1.54, 1.807) is 11.3 Å².